The second kappa shape index (κ2) is 7.14. The summed E-state index contributed by atoms with van der Waals surface area (Å²) in [5.74, 6) is 1.09. The standard InChI is InChI=1S/C18H20FN5O/c19-15-6-4-14(5-7-15)17-9-21-18(25-17)11-23-8-2-1-3-16(23)10-24-13-20-12-22-24/h4-7,9,12-13,16H,1-3,8,10-11H2/t16-/m1/s1. The van der Waals surface area contributed by atoms with Gasteiger partial charge in [0, 0.05) is 11.6 Å². The van der Waals surface area contributed by atoms with Gasteiger partial charge in [-0.1, -0.05) is 6.42 Å². The van der Waals surface area contributed by atoms with E-state index < -0.39 is 0 Å². The molecule has 0 bridgehead atoms. The van der Waals surface area contributed by atoms with Crippen LogP contribution in [-0.2, 0) is 13.1 Å². The molecular weight excluding hydrogens is 321 g/mol. The van der Waals surface area contributed by atoms with Crippen LogP contribution in [0, 0.1) is 5.82 Å². The summed E-state index contributed by atoms with van der Waals surface area (Å²) in [5, 5.41) is 4.21. The predicted octanol–water partition coefficient (Wildman–Crippen LogP) is 3.13. The summed E-state index contributed by atoms with van der Waals surface area (Å²) in [4.78, 5) is 10.8. The minimum Gasteiger partial charge on any atom is -0.439 e. The van der Waals surface area contributed by atoms with Gasteiger partial charge in [0.2, 0.25) is 5.89 Å². The van der Waals surface area contributed by atoms with E-state index in [9.17, 15) is 4.39 Å². The molecule has 1 fully saturated rings. The number of aromatic nitrogens is 4. The maximum Gasteiger partial charge on any atom is 0.209 e. The Kier molecular flexibility index (Phi) is 4.56. The van der Waals surface area contributed by atoms with Gasteiger partial charge < -0.3 is 4.42 Å². The molecule has 0 unspecified atom stereocenters. The average Bonchev–Trinajstić information content (AvgIpc) is 3.29. The largest absolute Gasteiger partial charge is 0.439 e. The highest BCUT2D eigenvalue weighted by molar-refractivity contribution is 5.55. The molecule has 6 nitrogen and oxygen atoms in total. The maximum absolute atomic E-state index is 13.1. The minimum absolute atomic E-state index is 0.257. The third kappa shape index (κ3) is 3.76. The van der Waals surface area contributed by atoms with Crippen molar-refractivity contribution in [2.45, 2.75) is 38.4 Å². The first kappa shape index (κ1) is 16.0. The molecule has 130 valence electrons. The zero-order chi connectivity index (χ0) is 17.1. The van der Waals surface area contributed by atoms with Crippen molar-refractivity contribution in [3.8, 4) is 11.3 Å². The van der Waals surface area contributed by atoms with Crippen LogP contribution in [0.15, 0.2) is 47.5 Å². The lowest BCUT2D eigenvalue weighted by atomic mass is 10.0. The molecule has 3 heterocycles. The number of hydrogen-bond acceptors (Lipinski definition) is 5. The van der Waals surface area contributed by atoms with Crippen molar-refractivity contribution in [3.63, 3.8) is 0 Å². The van der Waals surface area contributed by atoms with Crippen molar-refractivity contribution in [1.29, 1.82) is 0 Å². The van der Waals surface area contributed by atoms with E-state index in [-0.39, 0.29) is 5.82 Å². The summed E-state index contributed by atoms with van der Waals surface area (Å²) in [6.07, 6.45) is 8.56. The Morgan fingerprint density at radius 2 is 2.08 bits per heavy atom. The van der Waals surface area contributed by atoms with E-state index in [1.165, 1.54) is 25.0 Å². The quantitative estimate of drug-likeness (QED) is 0.713. The highest BCUT2D eigenvalue weighted by atomic mass is 19.1. The van der Waals surface area contributed by atoms with Gasteiger partial charge in [-0.15, -0.1) is 0 Å². The summed E-state index contributed by atoms with van der Waals surface area (Å²) in [6.45, 7) is 2.51. The summed E-state index contributed by atoms with van der Waals surface area (Å²) < 4.78 is 20.8. The molecule has 1 aliphatic heterocycles. The minimum atomic E-state index is -0.257. The summed E-state index contributed by atoms with van der Waals surface area (Å²) in [6, 6.07) is 6.66. The van der Waals surface area contributed by atoms with Gasteiger partial charge in [0.05, 0.1) is 19.3 Å². The van der Waals surface area contributed by atoms with E-state index in [1.807, 2.05) is 4.68 Å². The Balaban J connectivity index is 1.45. The van der Waals surface area contributed by atoms with E-state index in [4.69, 9.17) is 4.42 Å². The summed E-state index contributed by atoms with van der Waals surface area (Å²) in [5.41, 5.74) is 0.831. The van der Waals surface area contributed by atoms with Gasteiger partial charge in [-0.3, -0.25) is 9.58 Å². The molecule has 2 aromatic heterocycles. The monoisotopic (exact) mass is 341 g/mol. The van der Waals surface area contributed by atoms with E-state index in [0.717, 1.165) is 25.1 Å². The molecule has 3 aromatic rings. The number of nitrogens with zero attached hydrogens (tertiary/aromatic N) is 5. The van der Waals surface area contributed by atoms with Crippen LogP contribution in [0.3, 0.4) is 0 Å². The average molecular weight is 341 g/mol. The van der Waals surface area contributed by atoms with E-state index >= 15 is 0 Å². The van der Waals surface area contributed by atoms with Crippen LogP contribution in [-0.4, -0.2) is 37.2 Å². The fourth-order valence-corrected chi connectivity index (χ4v) is 3.32. The SMILES string of the molecule is Fc1ccc(-c2cnc(CN3CCCC[C@@H]3Cn3cncn3)o2)cc1. The van der Waals surface area contributed by atoms with Gasteiger partial charge in [0.25, 0.3) is 0 Å². The van der Waals surface area contributed by atoms with Crippen molar-refractivity contribution < 1.29 is 8.81 Å². The molecule has 0 aliphatic carbocycles. The van der Waals surface area contributed by atoms with Crippen LogP contribution in [0.2, 0.25) is 0 Å². The smallest absolute Gasteiger partial charge is 0.209 e. The Labute approximate surface area is 145 Å². The summed E-state index contributed by atoms with van der Waals surface area (Å²) in [7, 11) is 0. The Morgan fingerprint density at radius 1 is 1.20 bits per heavy atom. The molecule has 1 atom stereocenters. The zero-order valence-corrected chi connectivity index (χ0v) is 13.9. The molecule has 1 saturated heterocycles. The van der Waals surface area contributed by atoms with Crippen LogP contribution in [0.4, 0.5) is 4.39 Å². The molecule has 0 N–H and O–H groups in total. The Bertz CT molecular complexity index is 799. The van der Waals surface area contributed by atoms with E-state index in [0.29, 0.717) is 24.2 Å². The second-order valence-electron chi connectivity index (χ2n) is 6.36. The summed E-state index contributed by atoms with van der Waals surface area (Å²) >= 11 is 0. The lowest BCUT2D eigenvalue weighted by Gasteiger charge is -2.34. The number of likely N-dealkylation sites (tertiary alicyclic amines) is 1. The highest BCUT2D eigenvalue weighted by Gasteiger charge is 2.24. The maximum atomic E-state index is 13.1. The van der Waals surface area contributed by atoms with Crippen molar-refractivity contribution in [2.75, 3.05) is 6.54 Å². The van der Waals surface area contributed by atoms with Gasteiger partial charge in [0.1, 0.15) is 18.5 Å². The molecule has 0 saturated carbocycles. The van der Waals surface area contributed by atoms with Gasteiger partial charge in [-0.2, -0.15) is 5.10 Å². The number of oxazole rings is 1. The fourth-order valence-electron chi connectivity index (χ4n) is 3.32. The molecule has 0 spiro atoms. The number of halogens is 1. The van der Waals surface area contributed by atoms with Crippen LogP contribution in [0.25, 0.3) is 11.3 Å². The lowest BCUT2D eigenvalue weighted by molar-refractivity contribution is 0.111. The van der Waals surface area contributed by atoms with Crippen LogP contribution < -0.4 is 0 Å². The lowest BCUT2D eigenvalue weighted by Crippen LogP contribution is -2.41. The van der Waals surface area contributed by atoms with Crippen LogP contribution in [0.5, 0.6) is 0 Å². The first-order chi connectivity index (χ1) is 12.3. The first-order valence-corrected chi connectivity index (χ1v) is 8.55. The number of piperidine rings is 1. The van der Waals surface area contributed by atoms with Crippen LogP contribution in [0.1, 0.15) is 25.2 Å². The molecular formula is C18H20FN5O. The van der Waals surface area contributed by atoms with Gasteiger partial charge in [-0.25, -0.2) is 14.4 Å². The number of benzene rings is 1. The highest BCUT2D eigenvalue weighted by Crippen LogP contribution is 2.24. The Hall–Kier alpha value is -2.54. The van der Waals surface area contributed by atoms with Crippen molar-refractivity contribution in [1.82, 2.24) is 24.6 Å². The van der Waals surface area contributed by atoms with Gasteiger partial charge in [-0.05, 0) is 43.7 Å². The molecule has 1 aliphatic rings. The zero-order valence-electron chi connectivity index (χ0n) is 13.9. The fraction of sp³-hybridized carbons (Fsp3) is 0.389. The van der Waals surface area contributed by atoms with E-state index in [1.54, 1.807) is 31.0 Å². The molecule has 4 rings (SSSR count). The van der Waals surface area contributed by atoms with Crippen molar-refractivity contribution >= 4 is 0 Å². The van der Waals surface area contributed by atoms with Crippen molar-refractivity contribution in [3.05, 3.63) is 54.8 Å². The molecule has 25 heavy (non-hydrogen) atoms. The van der Waals surface area contributed by atoms with Crippen LogP contribution >= 0.6 is 0 Å². The number of hydrogen-bond donors (Lipinski definition) is 0. The number of rotatable bonds is 5. The predicted molar refractivity (Wildman–Crippen MR) is 90.0 cm³/mol. The Morgan fingerprint density at radius 3 is 2.88 bits per heavy atom. The molecule has 0 radical (unpaired) electrons. The molecule has 7 heteroatoms. The topological polar surface area (TPSA) is 60.0 Å². The van der Waals surface area contributed by atoms with Gasteiger partial charge in [0.15, 0.2) is 5.76 Å². The van der Waals surface area contributed by atoms with Crippen molar-refractivity contribution in [2.24, 2.45) is 0 Å². The normalized spacial score (nSPS) is 18.5. The molecule has 0 amide bonds. The first-order valence-electron chi connectivity index (χ1n) is 8.55. The van der Waals surface area contributed by atoms with Gasteiger partial charge >= 0.3 is 0 Å². The third-order valence-electron chi connectivity index (χ3n) is 4.63. The van der Waals surface area contributed by atoms with E-state index in [2.05, 4.69) is 20.0 Å². The third-order valence-corrected chi connectivity index (χ3v) is 4.63. The second-order valence-corrected chi connectivity index (χ2v) is 6.36. The molecule has 1 aromatic carbocycles.